The summed E-state index contributed by atoms with van der Waals surface area (Å²) in [4.78, 5) is 50.3. The van der Waals surface area contributed by atoms with Crippen LogP contribution in [0.5, 0.6) is 0 Å². The van der Waals surface area contributed by atoms with Gasteiger partial charge in [0, 0.05) is 10.4 Å². The van der Waals surface area contributed by atoms with Crippen LogP contribution in [-0.2, 0) is 14.3 Å². The van der Waals surface area contributed by atoms with Gasteiger partial charge >= 0.3 is 11.9 Å². The number of para-hydroxylation sites is 1. The standard InChI is InChI=1S/C24H22N2O6S/c1-14-15(2)33-22(20(14)24(30)31-3)26-19(27)13-32-23(29)17-11-7-8-12-18(17)25-21(28)16-9-5-4-6-10-16/h4-12H,13H2,1-3H3,(H,25,28)(H,26,27). The molecular formula is C24H22N2O6S. The second-order valence-electron chi connectivity index (χ2n) is 6.97. The fraction of sp³-hybridized carbons (Fsp3) is 0.167. The Morgan fingerprint density at radius 2 is 1.55 bits per heavy atom. The van der Waals surface area contributed by atoms with Crippen molar-refractivity contribution >= 4 is 45.8 Å². The smallest absolute Gasteiger partial charge is 0.341 e. The maximum absolute atomic E-state index is 12.6. The molecule has 2 N–H and O–H groups in total. The average Bonchev–Trinajstić information content (AvgIpc) is 3.10. The van der Waals surface area contributed by atoms with E-state index in [-0.39, 0.29) is 22.7 Å². The Balaban J connectivity index is 1.66. The van der Waals surface area contributed by atoms with Crippen LogP contribution >= 0.6 is 11.3 Å². The predicted octanol–water partition coefficient (Wildman–Crippen LogP) is 4.20. The Labute approximate surface area is 194 Å². The predicted molar refractivity (Wildman–Crippen MR) is 125 cm³/mol. The van der Waals surface area contributed by atoms with E-state index in [0.717, 1.165) is 4.88 Å². The van der Waals surface area contributed by atoms with E-state index >= 15 is 0 Å². The molecule has 3 aromatic rings. The lowest BCUT2D eigenvalue weighted by atomic mass is 10.1. The van der Waals surface area contributed by atoms with Crippen LogP contribution in [0.15, 0.2) is 54.6 Å². The number of thiophene rings is 1. The second-order valence-corrected chi connectivity index (χ2v) is 8.19. The van der Waals surface area contributed by atoms with Crippen LogP contribution in [0.4, 0.5) is 10.7 Å². The number of methoxy groups -OCH3 is 1. The zero-order valence-corrected chi connectivity index (χ0v) is 19.1. The third-order valence-corrected chi connectivity index (χ3v) is 5.92. The summed E-state index contributed by atoms with van der Waals surface area (Å²) in [6.45, 7) is 3.01. The van der Waals surface area contributed by atoms with Gasteiger partial charge in [-0.3, -0.25) is 9.59 Å². The number of amides is 2. The number of nitrogens with one attached hydrogen (secondary N) is 2. The molecule has 0 fully saturated rings. The van der Waals surface area contributed by atoms with Crippen molar-refractivity contribution in [2.45, 2.75) is 13.8 Å². The van der Waals surface area contributed by atoms with Crippen LogP contribution in [0.25, 0.3) is 0 Å². The highest BCUT2D eigenvalue weighted by atomic mass is 32.1. The number of benzene rings is 2. The number of rotatable bonds is 7. The van der Waals surface area contributed by atoms with Gasteiger partial charge in [0.25, 0.3) is 11.8 Å². The SMILES string of the molecule is COC(=O)c1c(NC(=O)COC(=O)c2ccccc2NC(=O)c2ccccc2)sc(C)c1C. The molecule has 0 aliphatic carbocycles. The largest absolute Gasteiger partial charge is 0.465 e. The van der Waals surface area contributed by atoms with E-state index in [2.05, 4.69) is 10.6 Å². The van der Waals surface area contributed by atoms with Gasteiger partial charge in [-0.05, 0) is 43.7 Å². The Morgan fingerprint density at radius 3 is 2.24 bits per heavy atom. The lowest BCUT2D eigenvalue weighted by Crippen LogP contribution is -2.22. The molecule has 0 unspecified atom stereocenters. The molecule has 9 heteroatoms. The molecule has 33 heavy (non-hydrogen) atoms. The molecule has 170 valence electrons. The van der Waals surface area contributed by atoms with Gasteiger partial charge in [0.05, 0.1) is 23.9 Å². The van der Waals surface area contributed by atoms with Gasteiger partial charge in [-0.15, -0.1) is 11.3 Å². The molecule has 0 saturated carbocycles. The van der Waals surface area contributed by atoms with E-state index in [0.29, 0.717) is 16.1 Å². The van der Waals surface area contributed by atoms with Gasteiger partial charge in [0.2, 0.25) is 0 Å². The van der Waals surface area contributed by atoms with Crippen LogP contribution < -0.4 is 10.6 Å². The van der Waals surface area contributed by atoms with Crippen LogP contribution in [0.2, 0.25) is 0 Å². The van der Waals surface area contributed by atoms with Gasteiger partial charge in [-0.1, -0.05) is 30.3 Å². The number of anilines is 2. The minimum atomic E-state index is -0.777. The molecule has 1 aromatic heterocycles. The molecular weight excluding hydrogens is 444 g/mol. The topological polar surface area (TPSA) is 111 Å². The number of carbonyl (C=O) groups excluding carboxylic acids is 4. The number of hydrogen-bond acceptors (Lipinski definition) is 7. The van der Waals surface area contributed by atoms with E-state index < -0.39 is 24.5 Å². The van der Waals surface area contributed by atoms with Gasteiger partial charge in [0.15, 0.2) is 6.61 Å². The summed E-state index contributed by atoms with van der Waals surface area (Å²) in [6.07, 6.45) is 0. The van der Waals surface area contributed by atoms with Crippen LogP contribution in [0.1, 0.15) is 41.5 Å². The van der Waals surface area contributed by atoms with E-state index in [4.69, 9.17) is 9.47 Å². The maximum Gasteiger partial charge on any atom is 0.341 e. The van der Waals surface area contributed by atoms with Crippen molar-refractivity contribution in [2.24, 2.45) is 0 Å². The molecule has 0 saturated heterocycles. The van der Waals surface area contributed by atoms with Crippen molar-refractivity contribution < 1.29 is 28.7 Å². The Bertz CT molecular complexity index is 1200. The summed E-state index contributed by atoms with van der Waals surface area (Å²) < 4.78 is 9.92. The first-order valence-electron chi connectivity index (χ1n) is 9.92. The molecule has 8 nitrogen and oxygen atoms in total. The summed E-state index contributed by atoms with van der Waals surface area (Å²) in [5.74, 6) is -2.33. The summed E-state index contributed by atoms with van der Waals surface area (Å²) in [5, 5.41) is 5.60. The second kappa shape index (κ2) is 10.6. The highest BCUT2D eigenvalue weighted by Gasteiger charge is 2.22. The Morgan fingerprint density at radius 1 is 0.879 bits per heavy atom. The van der Waals surface area contributed by atoms with Gasteiger partial charge in [-0.25, -0.2) is 9.59 Å². The van der Waals surface area contributed by atoms with E-state index in [1.807, 2.05) is 6.92 Å². The van der Waals surface area contributed by atoms with Crippen molar-refractivity contribution in [3.05, 3.63) is 81.7 Å². The minimum absolute atomic E-state index is 0.104. The van der Waals surface area contributed by atoms with Crippen LogP contribution in [0.3, 0.4) is 0 Å². The number of aryl methyl sites for hydroxylation is 1. The molecule has 1 heterocycles. The first-order valence-corrected chi connectivity index (χ1v) is 10.7. The molecule has 2 aromatic carbocycles. The van der Waals surface area contributed by atoms with Crippen molar-refractivity contribution in [2.75, 3.05) is 24.4 Å². The maximum atomic E-state index is 12.6. The fourth-order valence-electron chi connectivity index (χ4n) is 2.99. The highest BCUT2D eigenvalue weighted by molar-refractivity contribution is 7.16. The van der Waals surface area contributed by atoms with E-state index in [1.54, 1.807) is 55.5 Å². The fourth-order valence-corrected chi connectivity index (χ4v) is 4.05. The summed E-state index contributed by atoms with van der Waals surface area (Å²) in [7, 11) is 1.26. The van der Waals surface area contributed by atoms with Gasteiger partial charge < -0.3 is 20.1 Å². The normalized spacial score (nSPS) is 10.3. The molecule has 0 atom stereocenters. The van der Waals surface area contributed by atoms with Crippen LogP contribution in [0, 0.1) is 13.8 Å². The number of esters is 2. The number of ether oxygens (including phenoxy) is 2. The van der Waals surface area contributed by atoms with E-state index in [9.17, 15) is 19.2 Å². The number of hydrogen-bond donors (Lipinski definition) is 2. The molecule has 0 aliphatic rings. The number of carbonyl (C=O) groups is 4. The quantitative estimate of drug-likeness (QED) is 0.505. The Hall–Kier alpha value is -3.98. The third kappa shape index (κ3) is 5.64. The average molecular weight is 467 g/mol. The third-order valence-electron chi connectivity index (χ3n) is 4.79. The molecule has 0 aliphatic heterocycles. The highest BCUT2D eigenvalue weighted by Crippen LogP contribution is 2.32. The van der Waals surface area contributed by atoms with Crippen molar-refractivity contribution in [3.8, 4) is 0 Å². The molecule has 3 rings (SSSR count). The van der Waals surface area contributed by atoms with Crippen LogP contribution in [-0.4, -0.2) is 37.5 Å². The molecule has 0 bridgehead atoms. The first-order chi connectivity index (χ1) is 15.8. The minimum Gasteiger partial charge on any atom is -0.465 e. The zero-order chi connectivity index (χ0) is 24.0. The molecule has 0 spiro atoms. The summed E-state index contributed by atoms with van der Waals surface area (Å²) >= 11 is 1.23. The van der Waals surface area contributed by atoms with Gasteiger partial charge in [-0.2, -0.15) is 0 Å². The van der Waals surface area contributed by atoms with Crippen molar-refractivity contribution in [3.63, 3.8) is 0 Å². The summed E-state index contributed by atoms with van der Waals surface area (Å²) in [6, 6.07) is 14.9. The van der Waals surface area contributed by atoms with E-state index in [1.165, 1.54) is 24.5 Å². The van der Waals surface area contributed by atoms with Crippen molar-refractivity contribution in [1.29, 1.82) is 0 Å². The Kier molecular flexibility index (Phi) is 7.57. The molecule has 0 radical (unpaired) electrons. The lowest BCUT2D eigenvalue weighted by molar-refractivity contribution is -0.119. The zero-order valence-electron chi connectivity index (χ0n) is 18.3. The first kappa shape index (κ1) is 23.7. The monoisotopic (exact) mass is 466 g/mol. The summed E-state index contributed by atoms with van der Waals surface area (Å²) in [5.41, 5.74) is 1.78. The molecule has 2 amide bonds. The van der Waals surface area contributed by atoms with Crippen molar-refractivity contribution in [1.82, 2.24) is 0 Å². The van der Waals surface area contributed by atoms with Gasteiger partial charge in [0.1, 0.15) is 5.00 Å². The lowest BCUT2D eigenvalue weighted by Gasteiger charge is -2.11.